The average Bonchev–Trinajstić information content (AvgIpc) is 3.20. The van der Waals surface area contributed by atoms with Gasteiger partial charge in [0, 0.05) is 82.6 Å². The smallest absolute Gasteiger partial charge is 0.317 e. The number of nitrogens with zero attached hydrogens (tertiary/aromatic N) is 6. The van der Waals surface area contributed by atoms with Gasteiger partial charge >= 0.3 is 17.9 Å². The van der Waals surface area contributed by atoms with Crippen LogP contribution >= 0.6 is 0 Å². The fourth-order valence-electron chi connectivity index (χ4n) is 6.63. The van der Waals surface area contributed by atoms with Gasteiger partial charge in [0.25, 0.3) is 11.8 Å². The zero-order valence-electron chi connectivity index (χ0n) is 32.7. The summed E-state index contributed by atoms with van der Waals surface area (Å²) in [5.41, 5.74) is 2.95. The Morgan fingerprint density at radius 3 is 1.68 bits per heavy atom. The first-order chi connectivity index (χ1) is 28.4. The Balaban J connectivity index is 1.34. The van der Waals surface area contributed by atoms with Crippen molar-refractivity contribution in [2.75, 3.05) is 105 Å². The number of carbonyl (C=O) groups is 8. The van der Waals surface area contributed by atoms with E-state index in [9.17, 15) is 53.7 Å². The lowest BCUT2D eigenvalue weighted by molar-refractivity contribution is -0.140. The van der Waals surface area contributed by atoms with Crippen LogP contribution in [0.25, 0.3) is 22.0 Å². The normalized spacial score (nSPS) is 15.0. The number of carboxylic acid groups (broad SMARTS) is 3. The molecular weight excluding hydrogens is 768 g/mol. The van der Waals surface area contributed by atoms with Crippen molar-refractivity contribution in [1.29, 1.82) is 0 Å². The second-order valence-electron chi connectivity index (χ2n) is 13.9. The highest BCUT2D eigenvalue weighted by Crippen LogP contribution is 2.26. The molecule has 1 aliphatic heterocycles. The maximum absolute atomic E-state index is 13.5. The Kier molecular flexibility index (Phi) is 18.0. The summed E-state index contributed by atoms with van der Waals surface area (Å²) in [5.74, 6) is -4.29. The molecule has 19 heteroatoms. The van der Waals surface area contributed by atoms with Gasteiger partial charge < -0.3 is 40.4 Å². The summed E-state index contributed by atoms with van der Waals surface area (Å²) in [4.78, 5) is 109. The van der Waals surface area contributed by atoms with Crippen LogP contribution in [0.15, 0.2) is 54.7 Å². The van der Waals surface area contributed by atoms with Crippen molar-refractivity contribution in [2.45, 2.75) is 6.42 Å². The molecule has 1 fully saturated rings. The van der Waals surface area contributed by atoms with E-state index in [4.69, 9.17) is 0 Å². The Morgan fingerprint density at radius 1 is 0.644 bits per heavy atom. The van der Waals surface area contributed by atoms with E-state index in [1.807, 2.05) is 12.1 Å². The fourth-order valence-corrected chi connectivity index (χ4v) is 6.63. The minimum absolute atomic E-state index is 0.115. The third kappa shape index (κ3) is 14.9. The molecule has 4 rings (SSSR count). The number of rotatable bonds is 19. The first kappa shape index (κ1) is 45.6. The van der Waals surface area contributed by atoms with Crippen LogP contribution < -0.4 is 10.6 Å². The number of aldehydes is 2. The number of hydrogen-bond donors (Lipinski definition) is 5. The van der Waals surface area contributed by atoms with Gasteiger partial charge in [0.05, 0.1) is 50.3 Å². The van der Waals surface area contributed by atoms with Gasteiger partial charge in [-0.05, 0) is 47.9 Å². The number of pyridine rings is 1. The van der Waals surface area contributed by atoms with Crippen LogP contribution in [-0.2, 0) is 28.8 Å². The summed E-state index contributed by atoms with van der Waals surface area (Å²) >= 11 is 0. The molecule has 1 aromatic heterocycles. The molecule has 3 amide bonds. The van der Waals surface area contributed by atoms with Crippen LogP contribution in [-0.4, -0.2) is 198 Å². The number of aromatic nitrogens is 1. The molecule has 2 heterocycles. The predicted octanol–water partition coefficient (Wildman–Crippen LogP) is -0.547. The highest BCUT2D eigenvalue weighted by atomic mass is 16.4. The minimum atomic E-state index is -1.06. The van der Waals surface area contributed by atoms with Crippen molar-refractivity contribution >= 4 is 59.1 Å². The molecule has 0 unspecified atom stereocenters. The van der Waals surface area contributed by atoms with E-state index in [2.05, 4.69) is 15.6 Å². The van der Waals surface area contributed by atoms with Crippen molar-refractivity contribution in [3.8, 4) is 11.1 Å². The largest absolute Gasteiger partial charge is 0.480 e. The molecule has 1 saturated heterocycles. The Morgan fingerprint density at radius 2 is 1.17 bits per heavy atom. The number of hydrogen-bond acceptors (Lipinski definition) is 13. The minimum Gasteiger partial charge on any atom is -0.480 e. The van der Waals surface area contributed by atoms with Crippen LogP contribution in [0.5, 0.6) is 0 Å². The van der Waals surface area contributed by atoms with Crippen molar-refractivity contribution in [3.05, 3.63) is 65.9 Å². The summed E-state index contributed by atoms with van der Waals surface area (Å²) in [6.07, 6.45) is 3.07. The number of aliphatic carboxylic acids is 3. The van der Waals surface area contributed by atoms with Gasteiger partial charge in [-0.1, -0.05) is 18.2 Å². The van der Waals surface area contributed by atoms with E-state index in [-0.39, 0.29) is 117 Å². The second kappa shape index (κ2) is 23.3. The maximum Gasteiger partial charge on any atom is 0.317 e. The molecule has 0 radical (unpaired) electrons. The molecule has 0 atom stereocenters. The monoisotopic (exact) mass is 818 g/mol. The molecule has 1 aliphatic rings. The topological polar surface area (TPSA) is 250 Å². The molecule has 0 saturated carbocycles. The number of fused-ring (bicyclic) bond motifs is 1. The molecule has 0 bridgehead atoms. The zero-order valence-corrected chi connectivity index (χ0v) is 32.7. The third-order valence-corrected chi connectivity index (χ3v) is 9.72. The van der Waals surface area contributed by atoms with Crippen LogP contribution in [0, 0.1) is 0 Å². The molecule has 3 aromatic rings. The molecular formula is C40H50N8O11. The van der Waals surface area contributed by atoms with Crippen LogP contribution in [0.4, 0.5) is 0 Å². The van der Waals surface area contributed by atoms with E-state index >= 15 is 0 Å². The molecule has 316 valence electrons. The average molecular weight is 819 g/mol. The number of carbonyl (C=O) groups excluding carboxylic acids is 5. The molecule has 19 nitrogen and oxygen atoms in total. The Bertz CT molecular complexity index is 1930. The van der Waals surface area contributed by atoms with Crippen LogP contribution in [0.2, 0.25) is 0 Å². The number of amides is 3. The lowest BCUT2D eigenvalue weighted by Gasteiger charge is -2.33. The number of carboxylic acids is 3. The lowest BCUT2D eigenvalue weighted by Crippen LogP contribution is -2.50. The van der Waals surface area contributed by atoms with Crippen molar-refractivity contribution < 1.29 is 53.7 Å². The predicted molar refractivity (Wildman–Crippen MR) is 214 cm³/mol. The summed E-state index contributed by atoms with van der Waals surface area (Å²) in [7, 11) is 0. The highest BCUT2D eigenvalue weighted by Gasteiger charge is 2.23. The standard InChI is InChI=1S/C40H50N8O11/c49-22-11-43-40(59)32-8-10-41-34-7-6-31(24-33(32)34)29-2-4-30(5-3-29)39(58)42-9-1-12-48(21-23-50)35(51)25-44-13-15-45(26-36(52)53)17-19-47(28-38(56)57)20-18-46(16-14-44)27-37(54)55/h2-8,10,22-24H,1,9,11-21,25-28H2,(H,42,58)(H,43,59)(H,52,53)(H,54,55)(H,56,57). The molecule has 2 aromatic carbocycles. The highest BCUT2D eigenvalue weighted by molar-refractivity contribution is 6.07. The summed E-state index contributed by atoms with van der Waals surface area (Å²) in [6.45, 7) is 1.01. The van der Waals surface area contributed by atoms with E-state index in [0.29, 0.717) is 41.0 Å². The van der Waals surface area contributed by atoms with Crippen molar-refractivity contribution in [1.82, 2.24) is 40.1 Å². The van der Waals surface area contributed by atoms with E-state index in [1.54, 1.807) is 56.0 Å². The van der Waals surface area contributed by atoms with E-state index in [0.717, 1.165) is 11.1 Å². The van der Waals surface area contributed by atoms with Gasteiger partial charge in [-0.15, -0.1) is 0 Å². The summed E-state index contributed by atoms with van der Waals surface area (Å²) in [6, 6.07) is 13.9. The lowest BCUT2D eigenvalue weighted by atomic mass is 9.99. The fraction of sp³-hybridized carbons (Fsp3) is 0.425. The first-order valence-electron chi connectivity index (χ1n) is 19.1. The van der Waals surface area contributed by atoms with E-state index in [1.165, 1.54) is 11.1 Å². The van der Waals surface area contributed by atoms with Gasteiger partial charge in [0.2, 0.25) is 5.91 Å². The summed E-state index contributed by atoms with van der Waals surface area (Å²) in [5, 5.41) is 34.3. The van der Waals surface area contributed by atoms with Crippen molar-refractivity contribution in [3.63, 3.8) is 0 Å². The molecule has 0 spiro atoms. The molecule has 0 aliphatic carbocycles. The zero-order chi connectivity index (χ0) is 42.7. The maximum atomic E-state index is 13.5. The van der Waals surface area contributed by atoms with Crippen molar-refractivity contribution in [2.24, 2.45) is 0 Å². The molecule has 59 heavy (non-hydrogen) atoms. The van der Waals surface area contributed by atoms with Gasteiger partial charge in [-0.25, -0.2) is 0 Å². The van der Waals surface area contributed by atoms with E-state index < -0.39 is 23.8 Å². The van der Waals surface area contributed by atoms with Crippen LogP contribution in [0.1, 0.15) is 27.1 Å². The van der Waals surface area contributed by atoms with Gasteiger partial charge in [-0.2, -0.15) is 0 Å². The second-order valence-corrected chi connectivity index (χ2v) is 13.9. The molecule has 5 N–H and O–H groups in total. The first-order valence-corrected chi connectivity index (χ1v) is 19.1. The van der Waals surface area contributed by atoms with Gasteiger partial charge in [-0.3, -0.25) is 53.4 Å². The Hall–Kier alpha value is -6.15. The van der Waals surface area contributed by atoms with Crippen LogP contribution in [0.3, 0.4) is 0 Å². The summed E-state index contributed by atoms with van der Waals surface area (Å²) < 4.78 is 0. The number of nitrogens with one attached hydrogen (secondary N) is 2. The van der Waals surface area contributed by atoms with Gasteiger partial charge in [0.15, 0.2) is 0 Å². The number of benzene rings is 2. The van der Waals surface area contributed by atoms with Gasteiger partial charge in [0.1, 0.15) is 12.6 Å². The SMILES string of the molecule is O=CCNC(=O)c1ccnc2ccc(-c3ccc(C(=O)NCCCN(CC=O)C(=O)CN4CCN(CC(=O)O)CCN(CC(=O)O)CCN(CC(=O)O)CC4)cc3)cc12. The quantitative estimate of drug-likeness (QED) is 0.0752. The third-order valence-electron chi connectivity index (χ3n) is 9.72. The Labute approximate surface area is 340 Å².